The van der Waals surface area contributed by atoms with Crippen LogP contribution in [0.25, 0.3) is 0 Å². The lowest BCUT2D eigenvalue weighted by Gasteiger charge is -2.31. The van der Waals surface area contributed by atoms with Crippen LogP contribution in [0.3, 0.4) is 0 Å². The number of piperidine rings is 1. The van der Waals surface area contributed by atoms with E-state index in [9.17, 15) is 9.90 Å². The molecule has 0 aliphatic carbocycles. The summed E-state index contributed by atoms with van der Waals surface area (Å²) < 4.78 is 4.73. The van der Waals surface area contributed by atoms with Gasteiger partial charge in [0, 0.05) is 19.7 Å². The van der Waals surface area contributed by atoms with Crippen molar-refractivity contribution in [1.82, 2.24) is 4.90 Å². The van der Waals surface area contributed by atoms with Crippen LogP contribution >= 0.6 is 0 Å². The van der Waals surface area contributed by atoms with Gasteiger partial charge in [-0.1, -0.05) is 12.1 Å². The van der Waals surface area contributed by atoms with Crippen LogP contribution in [0.1, 0.15) is 28.8 Å². The Balaban J connectivity index is 2.00. The zero-order valence-corrected chi connectivity index (χ0v) is 11.3. The first kappa shape index (κ1) is 14.0. The monoisotopic (exact) mass is 263 g/mol. The molecule has 1 saturated heterocycles. The van der Waals surface area contributed by atoms with Crippen molar-refractivity contribution in [2.75, 3.05) is 26.8 Å². The van der Waals surface area contributed by atoms with Gasteiger partial charge in [-0.3, -0.25) is 4.90 Å². The Bertz CT molecular complexity index is 433. The van der Waals surface area contributed by atoms with Crippen molar-refractivity contribution in [2.45, 2.75) is 19.4 Å². The van der Waals surface area contributed by atoms with E-state index in [2.05, 4.69) is 4.90 Å². The Kier molecular flexibility index (Phi) is 4.93. The second kappa shape index (κ2) is 6.68. The Hall–Kier alpha value is -1.39. The Labute approximate surface area is 114 Å². The average Bonchev–Trinajstić information content (AvgIpc) is 2.47. The molecule has 1 aliphatic rings. The normalized spacial score (nSPS) is 20.2. The van der Waals surface area contributed by atoms with Gasteiger partial charge in [-0.2, -0.15) is 0 Å². The van der Waals surface area contributed by atoms with Crippen molar-refractivity contribution in [3.63, 3.8) is 0 Å². The van der Waals surface area contributed by atoms with Gasteiger partial charge in [-0.15, -0.1) is 0 Å². The molecule has 4 heteroatoms. The predicted molar refractivity (Wildman–Crippen MR) is 72.9 cm³/mol. The zero-order chi connectivity index (χ0) is 13.7. The summed E-state index contributed by atoms with van der Waals surface area (Å²) in [7, 11) is 1.39. The number of hydrogen-bond acceptors (Lipinski definition) is 4. The van der Waals surface area contributed by atoms with Crippen molar-refractivity contribution in [3.8, 4) is 0 Å². The SMILES string of the molecule is COC(=O)c1cccc(CN2CCCC(CO)C2)c1. The number of carbonyl (C=O) groups excluding carboxylic acids is 1. The van der Waals surface area contributed by atoms with Gasteiger partial charge in [0.05, 0.1) is 12.7 Å². The fourth-order valence-electron chi connectivity index (χ4n) is 2.62. The quantitative estimate of drug-likeness (QED) is 0.840. The highest BCUT2D eigenvalue weighted by Gasteiger charge is 2.19. The molecule has 0 aromatic heterocycles. The van der Waals surface area contributed by atoms with Crippen LogP contribution in [0, 0.1) is 5.92 Å². The number of carbonyl (C=O) groups is 1. The van der Waals surface area contributed by atoms with Crippen LogP contribution in [-0.4, -0.2) is 42.8 Å². The Morgan fingerprint density at radius 2 is 2.37 bits per heavy atom. The molecule has 0 bridgehead atoms. The molecule has 1 aliphatic heterocycles. The topological polar surface area (TPSA) is 49.8 Å². The Morgan fingerprint density at radius 3 is 3.11 bits per heavy atom. The molecule has 1 atom stereocenters. The first-order chi connectivity index (χ1) is 9.22. The molecule has 1 N–H and O–H groups in total. The van der Waals surface area contributed by atoms with Crippen LogP contribution < -0.4 is 0 Å². The van der Waals surface area contributed by atoms with E-state index < -0.39 is 0 Å². The van der Waals surface area contributed by atoms with E-state index in [0.29, 0.717) is 11.5 Å². The van der Waals surface area contributed by atoms with E-state index in [1.165, 1.54) is 7.11 Å². The number of nitrogens with zero attached hydrogens (tertiary/aromatic N) is 1. The van der Waals surface area contributed by atoms with Gasteiger partial charge in [0.1, 0.15) is 0 Å². The molecule has 104 valence electrons. The highest BCUT2D eigenvalue weighted by Crippen LogP contribution is 2.18. The lowest BCUT2D eigenvalue weighted by Crippen LogP contribution is -2.36. The number of hydrogen-bond donors (Lipinski definition) is 1. The number of rotatable bonds is 4. The van der Waals surface area contributed by atoms with E-state index in [-0.39, 0.29) is 12.6 Å². The maximum Gasteiger partial charge on any atom is 0.337 e. The molecule has 19 heavy (non-hydrogen) atoms. The minimum absolute atomic E-state index is 0.263. The second-order valence-electron chi connectivity index (χ2n) is 5.12. The van der Waals surface area contributed by atoms with Gasteiger partial charge in [0.15, 0.2) is 0 Å². The number of esters is 1. The van der Waals surface area contributed by atoms with Crippen LogP contribution in [-0.2, 0) is 11.3 Å². The Morgan fingerprint density at radius 1 is 1.53 bits per heavy atom. The number of benzene rings is 1. The van der Waals surface area contributed by atoms with Crippen molar-refractivity contribution >= 4 is 5.97 Å². The largest absolute Gasteiger partial charge is 0.465 e. The molecule has 1 aromatic rings. The van der Waals surface area contributed by atoms with Crippen molar-refractivity contribution in [3.05, 3.63) is 35.4 Å². The lowest BCUT2D eigenvalue weighted by atomic mass is 9.98. The first-order valence-electron chi connectivity index (χ1n) is 6.73. The third-order valence-corrected chi connectivity index (χ3v) is 3.62. The van der Waals surface area contributed by atoms with E-state index >= 15 is 0 Å². The first-order valence-corrected chi connectivity index (χ1v) is 6.73. The van der Waals surface area contributed by atoms with E-state index in [4.69, 9.17) is 4.74 Å². The number of likely N-dealkylation sites (tertiary alicyclic amines) is 1. The summed E-state index contributed by atoms with van der Waals surface area (Å²) in [6.07, 6.45) is 2.23. The van der Waals surface area contributed by atoms with Crippen LogP contribution in [0.2, 0.25) is 0 Å². The zero-order valence-electron chi connectivity index (χ0n) is 11.3. The highest BCUT2D eigenvalue weighted by molar-refractivity contribution is 5.89. The smallest absolute Gasteiger partial charge is 0.337 e. The molecule has 1 aromatic carbocycles. The molecule has 0 amide bonds. The van der Waals surface area contributed by atoms with E-state index in [1.807, 2.05) is 18.2 Å². The summed E-state index contributed by atoms with van der Waals surface area (Å²) in [4.78, 5) is 13.8. The summed E-state index contributed by atoms with van der Waals surface area (Å²) in [6, 6.07) is 7.56. The molecule has 1 fully saturated rings. The molecule has 1 unspecified atom stereocenters. The molecule has 0 radical (unpaired) electrons. The fraction of sp³-hybridized carbons (Fsp3) is 0.533. The third-order valence-electron chi connectivity index (χ3n) is 3.62. The minimum atomic E-state index is -0.297. The molecule has 2 rings (SSSR count). The second-order valence-corrected chi connectivity index (χ2v) is 5.12. The van der Waals surface area contributed by atoms with Crippen LogP contribution in [0.4, 0.5) is 0 Å². The maximum absolute atomic E-state index is 11.5. The predicted octanol–water partition coefficient (Wildman–Crippen LogP) is 1.68. The summed E-state index contributed by atoms with van der Waals surface area (Å²) in [6.45, 7) is 3.07. The van der Waals surface area contributed by atoms with Gasteiger partial charge >= 0.3 is 5.97 Å². The number of aliphatic hydroxyl groups is 1. The maximum atomic E-state index is 11.5. The number of methoxy groups -OCH3 is 1. The van der Waals surface area contributed by atoms with Crippen LogP contribution in [0.15, 0.2) is 24.3 Å². The molecule has 0 saturated carbocycles. The van der Waals surface area contributed by atoms with Gasteiger partial charge in [-0.25, -0.2) is 4.79 Å². The average molecular weight is 263 g/mol. The summed E-state index contributed by atoms with van der Waals surface area (Å²) in [5.74, 6) is 0.0891. The molecule has 0 spiro atoms. The van der Waals surface area contributed by atoms with E-state index in [0.717, 1.165) is 38.0 Å². The number of ether oxygens (including phenoxy) is 1. The molecular formula is C15H21NO3. The van der Waals surface area contributed by atoms with E-state index in [1.54, 1.807) is 6.07 Å². The summed E-state index contributed by atoms with van der Waals surface area (Å²) in [5, 5.41) is 9.24. The minimum Gasteiger partial charge on any atom is -0.465 e. The third kappa shape index (κ3) is 3.78. The standard InChI is InChI=1S/C15H21NO3/c1-19-15(18)14-6-2-4-12(8-14)9-16-7-3-5-13(10-16)11-17/h2,4,6,8,13,17H,3,5,7,9-11H2,1H3. The van der Waals surface area contributed by atoms with Gasteiger partial charge < -0.3 is 9.84 Å². The summed E-state index contributed by atoms with van der Waals surface area (Å²) >= 11 is 0. The fourth-order valence-corrected chi connectivity index (χ4v) is 2.62. The lowest BCUT2D eigenvalue weighted by molar-refractivity contribution is 0.0600. The highest BCUT2D eigenvalue weighted by atomic mass is 16.5. The molecule has 1 heterocycles. The van der Waals surface area contributed by atoms with Crippen molar-refractivity contribution in [2.24, 2.45) is 5.92 Å². The van der Waals surface area contributed by atoms with Gasteiger partial charge in [0.2, 0.25) is 0 Å². The van der Waals surface area contributed by atoms with Crippen molar-refractivity contribution < 1.29 is 14.6 Å². The van der Waals surface area contributed by atoms with Gasteiger partial charge in [0.25, 0.3) is 0 Å². The number of aliphatic hydroxyl groups excluding tert-OH is 1. The van der Waals surface area contributed by atoms with Crippen molar-refractivity contribution in [1.29, 1.82) is 0 Å². The molecule has 4 nitrogen and oxygen atoms in total. The molecular weight excluding hydrogens is 242 g/mol. The summed E-state index contributed by atoms with van der Waals surface area (Å²) in [5.41, 5.74) is 1.71. The van der Waals surface area contributed by atoms with Gasteiger partial charge in [-0.05, 0) is 43.0 Å². The van der Waals surface area contributed by atoms with Crippen LogP contribution in [0.5, 0.6) is 0 Å².